The molecule has 3 heteroatoms. The van der Waals surface area contributed by atoms with E-state index in [1.807, 2.05) is 19.3 Å². The zero-order valence-corrected chi connectivity index (χ0v) is 13.0. The van der Waals surface area contributed by atoms with Crippen molar-refractivity contribution in [3.63, 3.8) is 0 Å². The lowest BCUT2D eigenvalue weighted by molar-refractivity contribution is 1.14. The van der Waals surface area contributed by atoms with Gasteiger partial charge in [-0.3, -0.25) is 0 Å². The summed E-state index contributed by atoms with van der Waals surface area (Å²) in [6.45, 7) is 1.99. The highest BCUT2D eigenvalue weighted by molar-refractivity contribution is 7.17. The number of aryl methyl sites for hydroxylation is 1. The Morgan fingerprint density at radius 1 is 0.818 bits per heavy atom. The van der Waals surface area contributed by atoms with E-state index in [0.29, 0.717) is 0 Å². The van der Waals surface area contributed by atoms with Crippen LogP contribution in [0.1, 0.15) is 5.56 Å². The second-order valence-corrected chi connectivity index (χ2v) is 6.22. The quantitative estimate of drug-likeness (QED) is 0.500. The van der Waals surface area contributed by atoms with E-state index in [1.54, 1.807) is 11.3 Å². The second-order valence-electron chi connectivity index (χ2n) is 5.31. The molecule has 4 aromatic rings. The Kier molecular flexibility index (Phi) is 3.20. The summed E-state index contributed by atoms with van der Waals surface area (Å²) in [5.41, 5.74) is 4.64. The van der Waals surface area contributed by atoms with E-state index in [2.05, 4.69) is 63.9 Å². The summed E-state index contributed by atoms with van der Waals surface area (Å²) in [5, 5.41) is 3.54. The molecule has 0 atom stereocenters. The Balaban J connectivity index is 1.74. The Morgan fingerprint density at radius 3 is 2.27 bits per heavy atom. The molecule has 0 amide bonds. The number of rotatable bonds is 2. The van der Waals surface area contributed by atoms with Gasteiger partial charge in [0.15, 0.2) is 5.82 Å². The van der Waals surface area contributed by atoms with Gasteiger partial charge in [-0.05, 0) is 29.5 Å². The van der Waals surface area contributed by atoms with Crippen molar-refractivity contribution in [1.82, 2.24) is 9.97 Å². The normalized spacial score (nSPS) is 11.0. The third-order valence-electron chi connectivity index (χ3n) is 3.72. The van der Waals surface area contributed by atoms with Gasteiger partial charge in [0.1, 0.15) is 0 Å². The lowest BCUT2D eigenvalue weighted by Gasteiger charge is -2.03. The van der Waals surface area contributed by atoms with Crippen LogP contribution in [-0.2, 0) is 0 Å². The van der Waals surface area contributed by atoms with Gasteiger partial charge in [0.25, 0.3) is 0 Å². The van der Waals surface area contributed by atoms with Gasteiger partial charge >= 0.3 is 0 Å². The van der Waals surface area contributed by atoms with Crippen LogP contribution < -0.4 is 0 Å². The summed E-state index contributed by atoms with van der Waals surface area (Å²) in [6.07, 6.45) is 3.70. The number of hydrogen-bond donors (Lipinski definition) is 0. The number of fused-ring (bicyclic) bond motifs is 1. The molecule has 0 radical (unpaired) electrons. The SMILES string of the molecule is Cc1cnc(-c2ccc(-c3csc4ccccc34)cc2)nc1. The van der Waals surface area contributed by atoms with E-state index in [-0.39, 0.29) is 0 Å². The van der Waals surface area contributed by atoms with E-state index < -0.39 is 0 Å². The molecule has 2 aromatic carbocycles. The Bertz CT molecular complexity index is 922. The maximum absolute atomic E-state index is 4.38. The number of thiophene rings is 1. The molecule has 4 rings (SSSR count). The van der Waals surface area contributed by atoms with Crippen molar-refractivity contribution in [2.24, 2.45) is 0 Å². The van der Waals surface area contributed by atoms with Crippen molar-refractivity contribution in [3.05, 3.63) is 71.9 Å². The number of benzene rings is 2. The van der Waals surface area contributed by atoms with Gasteiger partial charge in [0.2, 0.25) is 0 Å². The molecule has 2 aromatic heterocycles. The summed E-state index contributed by atoms with van der Waals surface area (Å²) in [7, 11) is 0. The standard InChI is InChI=1S/C19H14N2S/c1-13-10-20-19(21-11-13)15-8-6-14(7-9-15)17-12-22-18-5-3-2-4-16(17)18/h2-12H,1H3. The highest BCUT2D eigenvalue weighted by Crippen LogP contribution is 2.34. The maximum atomic E-state index is 4.38. The smallest absolute Gasteiger partial charge is 0.159 e. The van der Waals surface area contributed by atoms with Crippen LogP contribution in [-0.4, -0.2) is 9.97 Å². The van der Waals surface area contributed by atoms with E-state index in [0.717, 1.165) is 17.0 Å². The molecule has 0 saturated heterocycles. The molecule has 0 N–H and O–H groups in total. The first kappa shape index (κ1) is 13.2. The average molecular weight is 302 g/mol. The van der Waals surface area contributed by atoms with Gasteiger partial charge in [0, 0.05) is 33.6 Å². The first-order chi connectivity index (χ1) is 10.8. The third kappa shape index (κ3) is 2.30. The highest BCUT2D eigenvalue weighted by Gasteiger charge is 2.07. The molecule has 0 unspecified atom stereocenters. The average Bonchev–Trinajstić information content (AvgIpc) is 3.00. The molecule has 2 heterocycles. The Hall–Kier alpha value is -2.52. The topological polar surface area (TPSA) is 25.8 Å². The van der Waals surface area contributed by atoms with Crippen molar-refractivity contribution in [1.29, 1.82) is 0 Å². The molecule has 0 aliphatic rings. The fourth-order valence-corrected chi connectivity index (χ4v) is 3.51. The van der Waals surface area contributed by atoms with Gasteiger partial charge in [0.05, 0.1) is 0 Å². The minimum absolute atomic E-state index is 0.771. The molecule has 0 saturated carbocycles. The van der Waals surface area contributed by atoms with Gasteiger partial charge in [-0.2, -0.15) is 0 Å². The molecular weight excluding hydrogens is 288 g/mol. The van der Waals surface area contributed by atoms with Gasteiger partial charge in [-0.15, -0.1) is 11.3 Å². The lowest BCUT2D eigenvalue weighted by Crippen LogP contribution is -1.89. The number of aromatic nitrogens is 2. The van der Waals surface area contributed by atoms with Crippen LogP contribution >= 0.6 is 11.3 Å². The highest BCUT2D eigenvalue weighted by atomic mass is 32.1. The molecule has 0 spiro atoms. The Labute approximate surface area is 133 Å². The van der Waals surface area contributed by atoms with Gasteiger partial charge in [-0.25, -0.2) is 9.97 Å². The first-order valence-electron chi connectivity index (χ1n) is 7.17. The van der Waals surface area contributed by atoms with Crippen LogP contribution in [0.3, 0.4) is 0 Å². The molecule has 0 bridgehead atoms. The monoisotopic (exact) mass is 302 g/mol. The van der Waals surface area contributed by atoms with Crippen LogP contribution in [0.25, 0.3) is 32.6 Å². The van der Waals surface area contributed by atoms with Crippen molar-refractivity contribution in [3.8, 4) is 22.5 Å². The Morgan fingerprint density at radius 2 is 1.50 bits per heavy atom. The van der Waals surface area contributed by atoms with Crippen LogP contribution in [0.2, 0.25) is 0 Å². The van der Waals surface area contributed by atoms with E-state index in [9.17, 15) is 0 Å². The fraction of sp³-hybridized carbons (Fsp3) is 0.0526. The van der Waals surface area contributed by atoms with Gasteiger partial charge in [-0.1, -0.05) is 42.5 Å². The molecule has 0 aliphatic heterocycles. The van der Waals surface area contributed by atoms with Crippen LogP contribution in [0.5, 0.6) is 0 Å². The summed E-state index contributed by atoms with van der Waals surface area (Å²) in [6, 6.07) is 17.0. The van der Waals surface area contributed by atoms with E-state index in [4.69, 9.17) is 0 Å². The predicted molar refractivity (Wildman–Crippen MR) is 93.0 cm³/mol. The number of hydrogen-bond acceptors (Lipinski definition) is 3. The van der Waals surface area contributed by atoms with E-state index in [1.165, 1.54) is 21.2 Å². The lowest BCUT2D eigenvalue weighted by atomic mass is 10.0. The minimum Gasteiger partial charge on any atom is -0.236 e. The predicted octanol–water partition coefficient (Wildman–Crippen LogP) is 5.33. The van der Waals surface area contributed by atoms with E-state index >= 15 is 0 Å². The van der Waals surface area contributed by atoms with Crippen LogP contribution in [0.15, 0.2) is 66.3 Å². The van der Waals surface area contributed by atoms with Crippen LogP contribution in [0, 0.1) is 6.92 Å². The molecule has 2 nitrogen and oxygen atoms in total. The number of nitrogens with zero attached hydrogens (tertiary/aromatic N) is 2. The molecule has 0 aliphatic carbocycles. The maximum Gasteiger partial charge on any atom is 0.159 e. The molecule has 22 heavy (non-hydrogen) atoms. The summed E-state index contributed by atoms with van der Waals surface area (Å²) in [4.78, 5) is 8.76. The minimum atomic E-state index is 0.771. The molecular formula is C19H14N2S. The molecule has 106 valence electrons. The zero-order valence-electron chi connectivity index (χ0n) is 12.2. The van der Waals surface area contributed by atoms with Crippen molar-refractivity contribution in [2.45, 2.75) is 6.92 Å². The second kappa shape index (κ2) is 5.35. The third-order valence-corrected chi connectivity index (χ3v) is 4.68. The molecule has 0 fully saturated rings. The summed E-state index contributed by atoms with van der Waals surface area (Å²) < 4.78 is 1.32. The summed E-state index contributed by atoms with van der Waals surface area (Å²) in [5.74, 6) is 0.771. The largest absolute Gasteiger partial charge is 0.236 e. The first-order valence-corrected chi connectivity index (χ1v) is 8.05. The van der Waals surface area contributed by atoms with Crippen LogP contribution in [0.4, 0.5) is 0 Å². The van der Waals surface area contributed by atoms with Crippen molar-refractivity contribution in [2.75, 3.05) is 0 Å². The van der Waals surface area contributed by atoms with Crippen molar-refractivity contribution >= 4 is 21.4 Å². The van der Waals surface area contributed by atoms with Gasteiger partial charge < -0.3 is 0 Å². The summed E-state index contributed by atoms with van der Waals surface area (Å²) >= 11 is 1.79. The fourth-order valence-electron chi connectivity index (χ4n) is 2.54. The zero-order chi connectivity index (χ0) is 14.9. The van der Waals surface area contributed by atoms with Crippen molar-refractivity contribution < 1.29 is 0 Å².